The van der Waals surface area contributed by atoms with Crippen LogP contribution in [0.3, 0.4) is 0 Å². The second-order valence-electron chi connectivity index (χ2n) is 11.3. The molecule has 1 unspecified atom stereocenters. The van der Waals surface area contributed by atoms with Crippen LogP contribution in [0.4, 0.5) is 5.69 Å². The molecule has 0 aromatic heterocycles. The van der Waals surface area contributed by atoms with Crippen molar-refractivity contribution in [2.75, 3.05) is 6.54 Å². The van der Waals surface area contributed by atoms with Crippen LogP contribution >= 0.6 is 0 Å². The fraction of sp³-hybridized carbons (Fsp3) is 0.405. The van der Waals surface area contributed by atoms with Gasteiger partial charge in [-0.25, -0.2) is 0 Å². The first-order valence-electron chi connectivity index (χ1n) is 16.1. The molecule has 0 aliphatic heterocycles. The van der Waals surface area contributed by atoms with Gasteiger partial charge in [-0.05, 0) is 61.2 Å². The van der Waals surface area contributed by atoms with Gasteiger partial charge in [0.05, 0.1) is 4.92 Å². The molecule has 0 aliphatic rings. The van der Waals surface area contributed by atoms with Crippen LogP contribution in [0.5, 0.6) is 5.75 Å². The maximum absolute atomic E-state index is 13.3. The lowest BCUT2D eigenvalue weighted by Crippen LogP contribution is -2.47. The van der Waals surface area contributed by atoms with Gasteiger partial charge in [0.15, 0.2) is 0 Å². The molecule has 1 atom stereocenters. The summed E-state index contributed by atoms with van der Waals surface area (Å²) in [6.07, 6.45) is 13.1. The molecule has 0 bridgehead atoms. The predicted molar refractivity (Wildman–Crippen MR) is 178 cm³/mol. The number of phenols is 1. The van der Waals surface area contributed by atoms with Crippen molar-refractivity contribution >= 4 is 17.5 Å². The summed E-state index contributed by atoms with van der Waals surface area (Å²) in [6.45, 7) is 2.77. The van der Waals surface area contributed by atoms with Crippen molar-refractivity contribution < 1.29 is 19.6 Å². The molecule has 0 saturated heterocycles. The number of hydrogen-bond donors (Lipinski definition) is 3. The Hall–Kier alpha value is -4.64. The number of aromatic hydroxyl groups is 1. The summed E-state index contributed by atoms with van der Waals surface area (Å²) < 4.78 is 0. The molecular weight excluding hydrogens is 566 g/mol. The van der Waals surface area contributed by atoms with E-state index in [1.807, 2.05) is 30.3 Å². The highest BCUT2D eigenvalue weighted by Gasteiger charge is 2.23. The van der Waals surface area contributed by atoms with Gasteiger partial charge in [-0.15, -0.1) is 0 Å². The number of carbonyl (C=O) groups excluding carboxylic acids is 2. The first-order valence-corrected chi connectivity index (χ1v) is 16.1. The number of carbonyl (C=O) groups is 2. The number of rotatable bonds is 18. The summed E-state index contributed by atoms with van der Waals surface area (Å²) in [5.41, 5.74) is 1.63. The van der Waals surface area contributed by atoms with E-state index in [2.05, 4.69) is 29.4 Å². The number of nitrogens with zero attached hydrogens (tertiary/aromatic N) is 1. The van der Waals surface area contributed by atoms with E-state index in [1.165, 1.54) is 75.3 Å². The summed E-state index contributed by atoms with van der Waals surface area (Å²) >= 11 is 0. The van der Waals surface area contributed by atoms with Crippen LogP contribution in [-0.2, 0) is 11.2 Å². The lowest BCUT2D eigenvalue weighted by molar-refractivity contribution is -0.385. The second-order valence-corrected chi connectivity index (χ2v) is 11.3. The quantitative estimate of drug-likeness (QED) is 0.0596. The van der Waals surface area contributed by atoms with Gasteiger partial charge in [-0.2, -0.15) is 0 Å². The maximum atomic E-state index is 13.3. The predicted octanol–water partition coefficient (Wildman–Crippen LogP) is 7.47. The van der Waals surface area contributed by atoms with Gasteiger partial charge in [-0.3, -0.25) is 19.7 Å². The van der Waals surface area contributed by atoms with Crippen LogP contribution in [0, 0.1) is 22.0 Å². The molecule has 3 N–H and O–H groups in total. The Morgan fingerprint density at radius 3 is 2.13 bits per heavy atom. The summed E-state index contributed by atoms with van der Waals surface area (Å²) in [7, 11) is 0. The molecule has 0 saturated carbocycles. The Morgan fingerprint density at radius 2 is 1.49 bits per heavy atom. The van der Waals surface area contributed by atoms with E-state index in [0.717, 1.165) is 24.8 Å². The fourth-order valence-corrected chi connectivity index (χ4v) is 5.03. The topological polar surface area (TPSA) is 122 Å². The Morgan fingerprint density at radius 1 is 0.844 bits per heavy atom. The molecular formula is C37H45N3O5. The molecule has 0 spiro atoms. The highest BCUT2D eigenvalue weighted by atomic mass is 16.6. The molecule has 45 heavy (non-hydrogen) atoms. The molecule has 0 aliphatic carbocycles. The van der Waals surface area contributed by atoms with Crippen molar-refractivity contribution in [3.8, 4) is 17.6 Å². The molecule has 0 fully saturated rings. The van der Waals surface area contributed by atoms with Crippen molar-refractivity contribution in [3.05, 3.63) is 105 Å². The van der Waals surface area contributed by atoms with E-state index >= 15 is 0 Å². The SMILES string of the molecule is CCCCCCCCCCCCNC(=O)C(CCc1ccccc1)NC(=O)c1ccc([N+](=O)[O-])c(C#Cc2ccc(O)cc2)c1. The fourth-order valence-electron chi connectivity index (χ4n) is 5.03. The largest absolute Gasteiger partial charge is 0.508 e. The average Bonchev–Trinajstić information content (AvgIpc) is 3.05. The lowest BCUT2D eigenvalue weighted by atomic mass is 10.0. The summed E-state index contributed by atoms with van der Waals surface area (Å²) in [4.78, 5) is 37.7. The maximum Gasteiger partial charge on any atom is 0.284 e. The van der Waals surface area contributed by atoms with E-state index < -0.39 is 16.9 Å². The molecule has 3 aromatic carbocycles. The zero-order valence-corrected chi connectivity index (χ0v) is 26.2. The van der Waals surface area contributed by atoms with Crippen molar-refractivity contribution in [3.63, 3.8) is 0 Å². The number of nitro benzene ring substituents is 1. The minimum atomic E-state index is -0.775. The minimum Gasteiger partial charge on any atom is -0.508 e. The summed E-state index contributed by atoms with van der Waals surface area (Å²) in [6, 6.07) is 19.1. The summed E-state index contributed by atoms with van der Waals surface area (Å²) in [5.74, 6) is 4.95. The van der Waals surface area contributed by atoms with Crippen LogP contribution in [0.15, 0.2) is 72.8 Å². The average molecular weight is 612 g/mol. The van der Waals surface area contributed by atoms with Crippen LogP contribution in [0.2, 0.25) is 0 Å². The molecule has 238 valence electrons. The van der Waals surface area contributed by atoms with Crippen LogP contribution in [0.25, 0.3) is 0 Å². The number of amides is 2. The number of nitrogens with one attached hydrogen (secondary N) is 2. The van der Waals surface area contributed by atoms with Gasteiger partial charge in [0.1, 0.15) is 17.4 Å². The molecule has 0 radical (unpaired) electrons. The number of nitro groups is 1. The smallest absolute Gasteiger partial charge is 0.284 e. The lowest BCUT2D eigenvalue weighted by Gasteiger charge is -2.19. The Bertz CT molecular complexity index is 1430. The van der Waals surface area contributed by atoms with Crippen molar-refractivity contribution in [1.29, 1.82) is 0 Å². The second kappa shape index (κ2) is 19.6. The Balaban J connectivity index is 1.62. The normalized spacial score (nSPS) is 11.2. The van der Waals surface area contributed by atoms with E-state index in [-0.39, 0.29) is 28.5 Å². The number of benzene rings is 3. The zero-order chi connectivity index (χ0) is 32.3. The standard InChI is InChI=1S/C37H45N3O5/c1-2-3-4-5-6-7-8-9-10-14-27-38-37(43)34(25-20-29-15-12-11-13-16-29)39-36(42)32-22-26-35(40(44)45)31(28-32)21-17-30-18-23-33(41)24-19-30/h11-13,15-16,18-19,22-24,26,28,34,41H,2-10,14,20,25,27H2,1H3,(H,38,43)(H,39,42). The number of phenolic OH excluding ortho intramolecular Hbond substituents is 1. The van der Waals surface area contributed by atoms with Gasteiger partial charge < -0.3 is 15.7 Å². The van der Waals surface area contributed by atoms with E-state index in [4.69, 9.17) is 0 Å². The third-order valence-electron chi connectivity index (χ3n) is 7.68. The van der Waals surface area contributed by atoms with Gasteiger partial charge in [0.25, 0.3) is 11.6 Å². The van der Waals surface area contributed by atoms with Crippen molar-refractivity contribution in [2.45, 2.75) is 90.0 Å². The number of hydrogen-bond acceptors (Lipinski definition) is 5. The molecule has 0 heterocycles. The van der Waals surface area contributed by atoms with Crippen LogP contribution in [-0.4, -0.2) is 34.4 Å². The van der Waals surface area contributed by atoms with E-state index in [9.17, 15) is 24.8 Å². The van der Waals surface area contributed by atoms with E-state index in [1.54, 1.807) is 12.1 Å². The van der Waals surface area contributed by atoms with Gasteiger partial charge in [0.2, 0.25) is 5.91 Å². The highest BCUT2D eigenvalue weighted by Crippen LogP contribution is 2.20. The third-order valence-corrected chi connectivity index (χ3v) is 7.68. The third kappa shape index (κ3) is 12.9. The number of unbranched alkanes of at least 4 members (excludes halogenated alkanes) is 9. The number of aryl methyl sites for hydroxylation is 1. The van der Waals surface area contributed by atoms with Gasteiger partial charge >= 0.3 is 0 Å². The molecule has 2 amide bonds. The zero-order valence-electron chi connectivity index (χ0n) is 26.2. The molecule has 3 rings (SSSR count). The van der Waals surface area contributed by atoms with Gasteiger partial charge in [0, 0.05) is 23.7 Å². The van der Waals surface area contributed by atoms with Crippen molar-refractivity contribution in [1.82, 2.24) is 10.6 Å². The Labute approximate surface area is 266 Å². The minimum absolute atomic E-state index is 0.0759. The monoisotopic (exact) mass is 611 g/mol. The first kappa shape index (κ1) is 34.8. The van der Waals surface area contributed by atoms with Gasteiger partial charge in [-0.1, -0.05) is 107 Å². The molecule has 3 aromatic rings. The first-order chi connectivity index (χ1) is 21.9. The van der Waals surface area contributed by atoms with Crippen LogP contribution < -0.4 is 10.6 Å². The summed E-state index contributed by atoms with van der Waals surface area (Å²) in [5, 5.41) is 27.0. The van der Waals surface area contributed by atoms with Crippen molar-refractivity contribution in [2.24, 2.45) is 0 Å². The highest BCUT2D eigenvalue weighted by molar-refractivity contribution is 5.98. The molecule has 8 heteroatoms. The van der Waals surface area contributed by atoms with Crippen LogP contribution in [0.1, 0.15) is 105 Å². The molecule has 8 nitrogen and oxygen atoms in total. The Kier molecular flexibility index (Phi) is 15.2. The van der Waals surface area contributed by atoms with E-state index in [0.29, 0.717) is 24.9 Å².